The molecular weight excluding hydrogens is 268 g/mol. The summed E-state index contributed by atoms with van der Waals surface area (Å²) in [5.41, 5.74) is -0.298. The molecule has 0 bridgehead atoms. The average molecular weight is 292 g/mol. The summed E-state index contributed by atoms with van der Waals surface area (Å²) in [4.78, 5) is 13.7. The number of esters is 1. The molecule has 1 saturated heterocycles. The molecule has 0 aromatic heterocycles. The lowest BCUT2D eigenvalue weighted by Crippen LogP contribution is -2.54. The van der Waals surface area contributed by atoms with Crippen LogP contribution in [0.15, 0.2) is 0 Å². The molecule has 0 N–H and O–H groups in total. The van der Waals surface area contributed by atoms with Crippen molar-refractivity contribution < 1.29 is 17.9 Å². The molecule has 1 rings (SSSR count). The van der Waals surface area contributed by atoms with Gasteiger partial charge in [-0.2, -0.15) is 0 Å². The minimum atomic E-state index is -3.14. The number of hydrogen-bond donors (Lipinski definition) is 0. The fourth-order valence-electron chi connectivity index (χ4n) is 2.50. The lowest BCUT2D eigenvalue weighted by molar-refractivity contribution is -0.147. The molecule has 0 aromatic carbocycles. The van der Waals surface area contributed by atoms with E-state index in [4.69, 9.17) is 4.74 Å². The van der Waals surface area contributed by atoms with Crippen LogP contribution in [-0.2, 0) is 19.6 Å². The second kappa shape index (κ2) is 6.19. The van der Waals surface area contributed by atoms with E-state index in [1.807, 2.05) is 19.0 Å². The van der Waals surface area contributed by atoms with Gasteiger partial charge < -0.3 is 9.64 Å². The van der Waals surface area contributed by atoms with Gasteiger partial charge in [0.1, 0.15) is 0 Å². The first kappa shape index (κ1) is 16.4. The highest BCUT2D eigenvalue weighted by atomic mass is 32.2. The fourth-order valence-corrected chi connectivity index (χ4v) is 3.34. The van der Waals surface area contributed by atoms with E-state index in [2.05, 4.69) is 0 Å². The van der Waals surface area contributed by atoms with Gasteiger partial charge in [-0.3, -0.25) is 4.79 Å². The minimum absolute atomic E-state index is 0.219. The molecule has 0 radical (unpaired) electrons. The standard InChI is InChI=1S/C12H24N2O4S/c1-5-18-11(15)10-12(13(2)3)6-8-14(9-7-12)19(4,16)17/h5-10H2,1-4H3. The van der Waals surface area contributed by atoms with Crippen LogP contribution in [0.1, 0.15) is 26.2 Å². The molecule has 112 valence electrons. The molecule has 0 atom stereocenters. The number of piperidine rings is 1. The molecule has 1 aliphatic heterocycles. The Morgan fingerprint density at radius 2 is 1.84 bits per heavy atom. The van der Waals surface area contributed by atoms with Gasteiger partial charge in [0.15, 0.2) is 0 Å². The van der Waals surface area contributed by atoms with Crippen LogP contribution in [-0.4, -0.2) is 69.2 Å². The summed E-state index contributed by atoms with van der Waals surface area (Å²) in [7, 11) is 0.710. The maximum absolute atomic E-state index is 11.7. The molecule has 0 amide bonds. The van der Waals surface area contributed by atoms with Crippen molar-refractivity contribution in [2.24, 2.45) is 0 Å². The van der Waals surface area contributed by atoms with Gasteiger partial charge in [-0.25, -0.2) is 12.7 Å². The van der Waals surface area contributed by atoms with Crippen LogP contribution in [0.3, 0.4) is 0 Å². The van der Waals surface area contributed by atoms with E-state index in [0.717, 1.165) is 0 Å². The summed E-state index contributed by atoms with van der Waals surface area (Å²) >= 11 is 0. The van der Waals surface area contributed by atoms with Gasteiger partial charge in [0, 0.05) is 18.6 Å². The summed E-state index contributed by atoms with van der Waals surface area (Å²) in [6, 6.07) is 0. The smallest absolute Gasteiger partial charge is 0.307 e. The predicted molar refractivity (Wildman–Crippen MR) is 73.3 cm³/mol. The number of hydrogen-bond acceptors (Lipinski definition) is 5. The lowest BCUT2D eigenvalue weighted by atomic mass is 9.84. The van der Waals surface area contributed by atoms with Gasteiger partial charge in [0.2, 0.25) is 10.0 Å². The molecular formula is C12H24N2O4S. The number of carbonyl (C=O) groups excluding carboxylic acids is 1. The maximum Gasteiger partial charge on any atom is 0.307 e. The highest BCUT2D eigenvalue weighted by Crippen LogP contribution is 2.31. The van der Waals surface area contributed by atoms with E-state index >= 15 is 0 Å². The van der Waals surface area contributed by atoms with E-state index in [1.165, 1.54) is 10.6 Å². The van der Waals surface area contributed by atoms with Crippen molar-refractivity contribution in [1.29, 1.82) is 0 Å². The van der Waals surface area contributed by atoms with Crippen LogP contribution in [0.25, 0.3) is 0 Å². The molecule has 0 unspecified atom stereocenters. The van der Waals surface area contributed by atoms with Crippen molar-refractivity contribution in [3.8, 4) is 0 Å². The Bertz CT molecular complexity index is 411. The first-order chi connectivity index (χ1) is 8.71. The summed E-state index contributed by atoms with van der Waals surface area (Å²) in [5, 5.41) is 0. The minimum Gasteiger partial charge on any atom is -0.466 e. The zero-order chi connectivity index (χ0) is 14.7. The number of sulfonamides is 1. The molecule has 1 fully saturated rings. The van der Waals surface area contributed by atoms with E-state index in [9.17, 15) is 13.2 Å². The first-order valence-electron chi connectivity index (χ1n) is 6.49. The first-order valence-corrected chi connectivity index (χ1v) is 8.34. The van der Waals surface area contributed by atoms with E-state index in [0.29, 0.717) is 39.0 Å². The molecule has 19 heavy (non-hydrogen) atoms. The number of carbonyl (C=O) groups is 1. The van der Waals surface area contributed by atoms with E-state index in [1.54, 1.807) is 6.92 Å². The lowest BCUT2D eigenvalue weighted by Gasteiger charge is -2.44. The van der Waals surface area contributed by atoms with E-state index in [-0.39, 0.29) is 11.5 Å². The highest BCUT2D eigenvalue weighted by molar-refractivity contribution is 7.88. The summed E-state index contributed by atoms with van der Waals surface area (Å²) in [5.74, 6) is -0.219. The van der Waals surface area contributed by atoms with Crippen molar-refractivity contribution in [2.45, 2.75) is 31.7 Å². The third kappa shape index (κ3) is 4.15. The van der Waals surface area contributed by atoms with Crippen molar-refractivity contribution in [2.75, 3.05) is 40.0 Å². The Morgan fingerprint density at radius 1 is 1.32 bits per heavy atom. The van der Waals surface area contributed by atoms with Crippen molar-refractivity contribution >= 4 is 16.0 Å². The molecule has 1 aliphatic rings. The average Bonchev–Trinajstić information content (AvgIpc) is 2.28. The fraction of sp³-hybridized carbons (Fsp3) is 0.917. The highest BCUT2D eigenvalue weighted by Gasteiger charge is 2.40. The second-order valence-corrected chi connectivity index (χ2v) is 7.25. The quantitative estimate of drug-likeness (QED) is 0.682. The molecule has 6 nitrogen and oxygen atoms in total. The van der Waals surface area contributed by atoms with Gasteiger partial charge in [-0.1, -0.05) is 0 Å². The van der Waals surface area contributed by atoms with Crippen LogP contribution < -0.4 is 0 Å². The maximum atomic E-state index is 11.7. The summed E-state index contributed by atoms with van der Waals surface area (Å²) < 4.78 is 29.5. The van der Waals surface area contributed by atoms with Gasteiger partial charge >= 0.3 is 5.97 Å². The Kier molecular flexibility index (Phi) is 5.34. The summed E-state index contributed by atoms with van der Waals surface area (Å²) in [6.45, 7) is 3.07. The molecule has 0 aromatic rings. The Labute approximate surface area is 115 Å². The molecule has 0 aliphatic carbocycles. The van der Waals surface area contributed by atoms with Gasteiger partial charge in [0.25, 0.3) is 0 Å². The van der Waals surface area contributed by atoms with Crippen molar-refractivity contribution in [1.82, 2.24) is 9.21 Å². The Balaban J connectivity index is 2.74. The molecule has 0 saturated carbocycles. The van der Waals surface area contributed by atoms with Crippen LogP contribution in [0.5, 0.6) is 0 Å². The van der Waals surface area contributed by atoms with Gasteiger partial charge in [0.05, 0.1) is 19.3 Å². The topological polar surface area (TPSA) is 66.9 Å². The monoisotopic (exact) mass is 292 g/mol. The van der Waals surface area contributed by atoms with E-state index < -0.39 is 10.0 Å². The third-order valence-corrected chi connectivity index (χ3v) is 5.15. The Hall–Kier alpha value is -0.660. The summed E-state index contributed by atoms with van der Waals surface area (Å²) in [6.07, 6.45) is 2.82. The SMILES string of the molecule is CCOC(=O)CC1(N(C)C)CCN(S(C)(=O)=O)CC1. The predicted octanol–water partition coefficient (Wildman–Crippen LogP) is 0.295. The molecule has 0 spiro atoms. The Morgan fingerprint density at radius 3 is 2.21 bits per heavy atom. The van der Waals surface area contributed by atoms with Crippen LogP contribution in [0, 0.1) is 0 Å². The third-order valence-electron chi connectivity index (χ3n) is 3.85. The number of nitrogens with zero attached hydrogens (tertiary/aromatic N) is 2. The second-order valence-electron chi connectivity index (χ2n) is 5.26. The number of rotatable bonds is 5. The van der Waals surface area contributed by atoms with Crippen molar-refractivity contribution in [3.63, 3.8) is 0 Å². The normalized spacial score (nSPS) is 20.5. The zero-order valence-corrected chi connectivity index (χ0v) is 13.0. The van der Waals surface area contributed by atoms with Gasteiger partial charge in [-0.05, 0) is 33.9 Å². The van der Waals surface area contributed by atoms with Crippen molar-refractivity contribution in [3.05, 3.63) is 0 Å². The molecule has 7 heteroatoms. The van der Waals surface area contributed by atoms with Crippen LogP contribution >= 0.6 is 0 Å². The molecule has 1 heterocycles. The van der Waals surface area contributed by atoms with Crippen LogP contribution in [0.2, 0.25) is 0 Å². The van der Waals surface area contributed by atoms with Crippen LogP contribution in [0.4, 0.5) is 0 Å². The number of ether oxygens (including phenoxy) is 1. The largest absolute Gasteiger partial charge is 0.466 e. The van der Waals surface area contributed by atoms with Gasteiger partial charge in [-0.15, -0.1) is 0 Å². The zero-order valence-electron chi connectivity index (χ0n) is 12.2.